The molecule has 0 amide bonds. The molecule has 0 atom stereocenters. The second-order valence-electron chi connectivity index (χ2n) is 10.6. The van der Waals surface area contributed by atoms with E-state index in [2.05, 4.69) is 15.4 Å². The van der Waals surface area contributed by atoms with Crippen molar-refractivity contribution < 1.29 is 36.2 Å². The van der Waals surface area contributed by atoms with Gasteiger partial charge in [0.1, 0.15) is 11.6 Å². The number of halogens is 4. The van der Waals surface area contributed by atoms with E-state index < -0.39 is 22.2 Å². The van der Waals surface area contributed by atoms with Crippen molar-refractivity contribution in [1.29, 1.82) is 0 Å². The number of para-hydroxylation sites is 1. The largest absolute Gasteiger partial charge is 0.497 e. The van der Waals surface area contributed by atoms with Gasteiger partial charge in [0.15, 0.2) is 0 Å². The van der Waals surface area contributed by atoms with E-state index in [0.29, 0.717) is 29.4 Å². The van der Waals surface area contributed by atoms with Gasteiger partial charge in [-0.25, -0.2) is 22.9 Å². The van der Waals surface area contributed by atoms with Crippen LogP contribution in [0.5, 0.6) is 5.75 Å². The molecule has 3 aromatic carbocycles. The molecule has 1 saturated carbocycles. The van der Waals surface area contributed by atoms with E-state index in [9.17, 15) is 21.6 Å². The van der Waals surface area contributed by atoms with E-state index in [1.54, 1.807) is 19.2 Å². The quantitative estimate of drug-likeness (QED) is 0.141. The number of sulfonamides is 1. The summed E-state index contributed by atoms with van der Waals surface area (Å²) in [6, 6.07) is 21.9. The fourth-order valence-corrected chi connectivity index (χ4v) is 6.13. The van der Waals surface area contributed by atoms with Crippen LogP contribution in [0.3, 0.4) is 0 Å². The highest BCUT2D eigenvalue weighted by molar-refractivity contribution is 7.89. The number of hydrogen-bond acceptors (Lipinski definition) is 8. The number of carbonyl (C=O) groups is 1. The number of nitrogens with zero attached hydrogens (tertiary/aromatic N) is 2. The van der Waals surface area contributed by atoms with Crippen molar-refractivity contribution in [2.24, 2.45) is 11.8 Å². The molecule has 0 bridgehead atoms. The zero-order chi connectivity index (χ0) is 33.3. The van der Waals surface area contributed by atoms with Crippen LogP contribution in [0.1, 0.15) is 25.7 Å². The molecule has 0 saturated heterocycles. The Labute approximate surface area is 269 Å². The number of carboxylic acids is 1. The summed E-state index contributed by atoms with van der Waals surface area (Å²) in [5.74, 6) is 0.112. The van der Waals surface area contributed by atoms with Crippen molar-refractivity contribution in [3.05, 3.63) is 77.8 Å². The number of alkyl halides is 3. The van der Waals surface area contributed by atoms with Crippen LogP contribution in [0.4, 0.5) is 30.6 Å². The highest BCUT2D eigenvalue weighted by Gasteiger charge is 2.38. The first-order valence-electron chi connectivity index (χ1n) is 14.3. The maximum absolute atomic E-state index is 12.6. The second-order valence-corrected chi connectivity index (χ2v) is 12.8. The third-order valence-electron chi connectivity index (χ3n) is 7.38. The van der Waals surface area contributed by atoms with Crippen LogP contribution in [-0.2, 0) is 14.8 Å². The molecule has 0 aliphatic heterocycles. The van der Waals surface area contributed by atoms with Crippen molar-refractivity contribution in [3.8, 4) is 5.75 Å². The van der Waals surface area contributed by atoms with Crippen molar-refractivity contribution in [2.45, 2.75) is 36.8 Å². The Morgan fingerprint density at radius 1 is 0.957 bits per heavy atom. The lowest BCUT2D eigenvalue weighted by Crippen LogP contribution is -2.32. The minimum atomic E-state index is -5.08. The van der Waals surface area contributed by atoms with Gasteiger partial charge < -0.3 is 20.5 Å². The lowest BCUT2D eigenvalue weighted by molar-refractivity contribution is -0.192. The van der Waals surface area contributed by atoms with Crippen molar-refractivity contribution >= 4 is 56.0 Å². The lowest BCUT2D eigenvalue weighted by Gasteiger charge is -2.28. The fourth-order valence-electron chi connectivity index (χ4n) is 4.89. The van der Waals surface area contributed by atoms with Crippen LogP contribution in [-0.4, -0.2) is 55.8 Å². The Bertz CT molecular complexity index is 1740. The minimum Gasteiger partial charge on any atom is -0.497 e. The molecule has 5 rings (SSSR count). The van der Waals surface area contributed by atoms with Crippen LogP contribution < -0.4 is 20.1 Å². The molecular weight excluding hydrogens is 647 g/mol. The third kappa shape index (κ3) is 9.93. The van der Waals surface area contributed by atoms with Gasteiger partial charge in [-0.05, 0) is 86.1 Å². The predicted octanol–water partition coefficient (Wildman–Crippen LogP) is 6.87. The van der Waals surface area contributed by atoms with Crippen LogP contribution >= 0.6 is 11.6 Å². The van der Waals surface area contributed by atoms with Crippen molar-refractivity contribution in [2.75, 3.05) is 30.8 Å². The molecule has 246 valence electrons. The van der Waals surface area contributed by atoms with Gasteiger partial charge in [-0.3, -0.25) is 0 Å². The smallest absolute Gasteiger partial charge is 0.490 e. The van der Waals surface area contributed by atoms with Gasteiger partial charge in [0.2, 0.25) is 16.0 Å². The van der Waals surface area contributed by atoms with E-state index in [-0.39, 0.29) is 4.90 Å². The van der Waals surface area contributed by atoms with E-state index >= 15 is 0 Å². The highest BCUT2D eigenvalue weighted by atomic mass is 35.5. The number of aromatic nitrogens is 2. The van der Waals surface area contributed by atoms with Crippen molar-refractivity contribution in [1.82, 2.24) is 14.7 Å². The van der Waals surface area contributed by atoms with E-state index in [4.69, 9.17) is 36.2 Å². The predicted molar refractivity (Wildman–Crippen MR) is 170 cm³/mol. The average Bonchev–Trinajstić information content (AvgIpc) is 3.03. The number of ether oxygens (including phenoxy) is 1. The topological polar surface area (TPSA) is 143 Å². The van der Waals surface area contributed by atoms with Gasteiger partial charge in [-0.15, -0.1) is 0 Å². The average molecular weight is 680 g/mol. The maximum Gasteiger partial charge on any atom is 0.490 e. The summed E-state index contributed by atoms with van der Waals surface area (Å²) in [4.78, 5) is 18.6. The van der Waals surface area contributed by atoms with Crippen LogP contribution in [0.15, 0.2) is 77.7 Å². The molecule has 4 N–H and O–H groups in total. The standard InChI is InChI=1S/C29H32ClN5O3S.C2HF3O2/c1-38-24-6-4-5-23(17-24)33-28-26-7-2-3-8-27(26)34-29(35-28)31-18-20-9-11-21(12-10-20)19-32-39(36,37)25-15-13-22(30)14-16-25;3-2(4,5)1(6)7/h2-8,13-17,20-21,32H,9-12,18-19H2,1H3,(H2,31,33,34,35);(H,6,7). The van der Waals surface area contributed by atoms with Gasteiger partial charge in [0.25, 0.3) is 0 Å². The van der Waals surface area contributed by atoms with Gasteiger partial charge in [-0.1, -0.05) is 29.8 Å². The number of hydrogen-bond donors (Lipinski definition) is 4. The zero-order valence-electron chi connectivity index (χ0n) is 24.7. The molecule has 15 heteroatoms. The third-order valence-corrected chi connectivity index (χ3v) is 9.07. The number of nitrogens with one attached hydrogen (secondary N) is 3. The van der Waals surface area contributed by atoms with E-state index in [1.165, 1.54) is 12.1 Å². The van der Waals surface area contributed by atoms with Crippen LogP contribution in [0, 0.1) is 11.8 Å². The van der Waals surface area contributed by atoms with Gasteiger partial charge in [0.05, 0.1) is 17.5 Å². The normalized spacial score (nSPS) is 16.6. The summed E-state index contributed by atoms with van der Waals surface area (Å²) >= 11 is 5.88. The molecule has 0 radical (unpaired) electrons. The Hall–Kier alpha value is -4.14. The molecule has 1 aliphatic rings. The number of methoxy groups -OCH3 is 1. The Morgan fingerprint density at radius 2 is 1.59 bits per heavy atom. The first-order chi connectivity index (χ1) is 21.8. The molecule has 10 nitrogen and oxygen atoms in total. The van der Waals surface area contributed by atoms with Crippen LogP contribution in [0.2, 0.25) is 5.02 Å². The first kappa shape index (κ1) is 34.7. The molecule has 1 aromatic heterocycles. The minimum absolute atomic E-state index is 0.237. The number of aliphatic carboxylic acids is 1. The van der Waals surface area contributed by atoms with E-state index in [1.807, 2.05) is 48.5 Å². The summed E-state index contributed by atoms with van der Waals surface area (Å²) in [7, 11) is -1.89. The lowest BCUT2D eigenvalue weighted by atomic mass is 9.82. The Morgan fingerprint density at radius 3 is 2.22 bits per heavy atom. The number of carboxylic acid groups (broad SMARTS) is 1. The summed E-state index contributed by atoms with van der Waals surface area (Å²) < 4.78 is 65.0. The molecule has 0 unspecified atom stereocenters. The van der Waals surface area contributed by atoms with Gasteiger partial charge in [0, 0.05) is 35.3 Å². The monoisotopic (exact) mass is 679 g/mol. The molecule has 1 aliphatic carbocycles. The maximum atomic E-state index is 12.6. The summed E-state index contributed by atoms with van der Waals surface area (Å²) in [6.07, 6.45) is -1.11. The molecule has 1 fully saturated rings. The highest BCUT2D eigenvalue weighted by Crippen LogP contribution is 2.30. The van der Waals surface area contributed by atoms with Gasteiger partial charge >= 0.3 is 12.1 Å². The summed E-state index contributed by atoms with van der Waals surface area (Å²) in [5.41, 5.74) is 1.74. The molecular formula is C31H33ClF3N5O5S. The number of benzene rings is 3. The fraction of sp³-hybridized carbons (Fsp3) is 0.323. The number of fused-ring (bicyclic) bond motifs is 1. The van der Waals surface area contributed by atoms with Gasteiger partial charge in [-0.2, -0.15) is 18.2 Å². The summed E-state index contributed by atoms with van der Waals surface area (Å²) in [5, 5.41) is 15.4. The van der Waals surface area contributed by atoms with E-state index in [0.717, 1.165) is 60.4 Å². The Balaban J connectivity index is 0.000000617. The zero-order valence-corrected chi connectivity index (χ0v) is 26.3. The second kappa shape index (κ2) is 15.4. The molecule has 0 spiro atoms. The van der Waals surface area contributed by atoms with Crippen LogP contribution in [0.25, 0.3) is 10.9 Å². The number of anilines is 3. The molecule has 1 heterocycles. The summed E-state index contributed by atoms with van der Waals surface area (Å²) in [6.45, 7) is 1.21. The Kier molecular flexibility index (Phi) is 11.7. The number of rotatable bonds is 10. The first-order valence-corrected chi connectivity index (χ1v) is 16.2. The van der Waals surface area contributed by atoms with Crippen molar-refractivity contribution in [3.63, 3.8) is 0 Å². The molecule has 46 heavy (non-hydrogen) atoms. The SMILES string of the molecule is COc1cccc(Nc2nc(NCC3CCC(CNS(=O)(=O)c4ccc(Cl)cc4)CC3)nc3ccccc23)c1.O=C(O)C(F)(F)F. The molecule has 4 aromatic rings.